The van der Waals surface area contributed by atoms with Gasteiger partial charge in [-0.2, -0.15) is 13.2 Å². The first-order chi connectivity index (χ1) is 16.4. The summed E-state index contributed by atoms with van der Waals surface area (Å²) < 4.78 is 38.9. The number of hydrogen-bond acceptors (Lipinski definition) is 7. The number of thiazole rings is 1. The van der Waals surface area contributed by atoms with E-state index in [-0.39, 0.29) is 11.5 Å². The largest absolute Gasteiger partial charge is 0.478 e. The molecule has 0 saturated heterocycles. The molecule has 35 heavy (non-hydrogen) atoms. The summed E-state index contributed by atoms with van der Waals surface area (Å²) in [4.78, 5) is 23.7. The molecule has 4 aromatic rings. The third kappa shape index (κ3) is 5.31. The molecule has 0 saturated carbocycles. The average molecular weight is 501 g/mol. The van der Waals surface area contributed by atoms with Gasteiger partial charge in [0.2, 0.25) is 5.95 Å². The van der Waals surface area contributed by atoms with Crippen LogP contribution in [0.4, 0.5) is 24.8 Å². The van der Waals surface area contributed by atoms with Crippen molar-refractivity contribution in [2.45, 2.75) is 25.6 Å². The summed E-state index contributed by atoms with van der Waals surface area (Å²) in [5.74, 6) is -1.30. The van der Waals surface area contributed by atoms with E-state index in [1.807, 2.05) is 13.0 Å². The Balaban J connectivity index is 1.64. The number of aliphatic hydroxyl groups is 1. The lowest BCUT2D eigenvalue weighted by Gasteiger charge is -2.21. The van der Waals surface area contributed by atoms with Crippen molar-refractivity contribution in [3.63, 3.8) is 0 Å². The molecule has 180 valence electrons. The van der Waals surface area contributed by atoms with Crippen LogP contribution < -0.4 is 5.32 Å². The van der Waals surface area contributed by atoms with Gasteiger partial charge in [-0.1, -0.05) is 18.2 Å². The molecule has 1 atom stereocenters. The van der Waals surface area contributed by atoms with Crippen molar-refractivity contribution in [3.05, 3.63) is 88.3 Å². The van der Waals surface area contributed by atoms with E-state index in [1.165, 1.54) is 30.4 Å². The van der Waals surface area contributed by atoms with Crippen LogP contribution >= 0.6 is 11.3 Å². The minimum absolute atomic E-state index is 0.0470. The van der Waals surface area contributed by atoms with Crippen molar-refractivity contribution >= 4 is 28.9 Å². The zero-order valence-corrected chi connectivity index (χ0v) is 19.3. The lowest BCUT2D eigenvalue weighted by molar-refractivity contribution is -0.141. The second kappa shape index (κ2) is 9.08. The number of carbonyl (C=O) groups is 1. The number of carboxylic acids is 1. The Bertz CT molecular complexity index is 1400. The molecule has 2 aromatic carbocycles. The first kappa shape index (κ1) is 24.3. The molecule has 7 nitrogen and oxygen atoms in total. The average Bonchev–Trinajstić information content (AvgIpc) is 3.30. The van der Waals surface area contributed by atoms with Crippen molar-refractivity contribution < 1.29 is 28.2 Å². The molecule has 4 rings (SSSR count). The summed E-state index contributed by atoms with van der Waals surface area (Å²) in [7, 11) is 0. The third-order valence-electron chi connectivity index (χ3n) is 5.16. The summed E-state index contributed by atoms with van der Waals surface area (Å²) in [6.07, 6.45) is -1.97. The van der Waals surface area contributed by atoms with Crippen LogP contribution in [0, 0.1) is 6.92 Å². The molecule has 2 heterocycles. The fraction of sp³-hybridized carbons (Fsp3) is 0.167. The van der Waals surface area contributed by atoms with Crippen LogP contribution in [0.5, 0.6) is 0 Å². The number of nitrogens with zero attached hydrogens (tertiary/aromatic N) is 3. The topological polar surface area (TPSA) is 108 Å². The molecule has 0 aliphatic heterocycles. The second-order valence-corrected chi connectivity index (χ2v) is 8.99. The number of benzene rings is 2. The molecule has 0 amide bonds. The number of hydrogen-bond donors (Lipinski definition) is 3. The van der Waals surface area contributed by atoms with Gasteiger partial charge in [-0.15, -0.1) is 11.3 Å². The highest BCUT2D eigenvalue weighted by molar-refractivity contribution is 7.15. The summed E-state index contributed by atoms with van der Waals surface area (Å²) >= 11 is 1.22. The zero-order valence-electron chi connectivity index (χ0n) is 18.5. The minimum Gasteiger partial charge on any atom is -0.478 e. The predicted molar refractivity (Wildman–Crippen MR) is 125 cm³/mol. The molecule has 11 heteroatoms. The molecule has 0 bridgehead atoms. The van der Waals surface area contributed by atoms with Crippen LogP contribution in [0.25, 0.3) is 10.4 Å². The number of rotatable bonds is 6. The van der Waals surface area contributed by atoms with Crippen LogP contribution in [-0.4, -0.2) is 31.1 Å². The van der Waals surface area contributed by atoms with Crippen molar-refractivity contribution in [1.82, 2.24) is 15.0 Å². The van der Waals surface area contributed by atoms with Crippen LogP contribution in [0.1, 0.15) is 39.1 Å². The normalized spacial score (nSPS) is 13.3. The van der Waals surface area contributed by atoms with E-state index in [2.05, 4.69) is 20.3 Å². The molecule has 0 aliphatic carbocycles. The van der Waals surface area contributed by atoms with Gasteiger partial charge in [0.15, 0.2) is 0 Å². The van der Waals surface area contributed by atoms with Crippen molar-refractivity contribution in [3.8, 4) is 10.4 Å². The van der Waals surface area contributed by atoms with Crippen LogP contribution in [-0.2, 0) is 11.8 Å². The number of aromatic nitrogens is 3. The predicted octanol–water partition coefficient (Wildman–Crippen LogP) is 5.62. The Hall–Kier alpha value is -3.83. The van der Waals surface area contributed by atoms with Crippen LogP contribution in [0.2, 0.25) is 0 Å². The molecule has 0 radical (unpaired) electrons. The van der Waals surface area contributed by atoms with E-state index >= 15 is 0 Å². The van der Waals surface area contributed by atoms with Gasteiger partial charge in [0.1, 0.15) is 16.3 Å². The highest BCUT2D eigenvalue weighted by Gasteiger charge is 2.33. The number of aromatic carboxylic acids is 1. The van der Waals surface area contributed by atoms with Gasteiger partial charge in [0.05, 0.1) is 10.4 Å². The highest BCUT2D eigenvalue weighted by atomic mass is 32.1. The van der Waals surface area contributed by atoms with E-state index < -0.39 is 23.4 Å². The third-order valence-corrected chi connectivity index (χ3v) is 6.42. The van der Waals surface area contributed by atoms with Crippen molar-refractivity contribution in [1.29, 1.82) is 0 Å². The molecular formula is C24H19F3N4O3S. The van der Waals surface area contributed by atoms with E-state index in [4.69, 9.17) is 0 Å². The number of halogens is 3. The van der Waals surface area contributed by atoms with Crippen molar-refractivity contribution in [2.75, 3.05) is 5.32 Å². The molecular weight excluding hydrogens is 481 g/mol. The van der Waals surface area contributed by atoms with Gasteiger partial charge in [0, 0.05) is 18.1 Å². The zero-order chi connectivity index (χ0) is 25.4. The van der Waals surface area contributed by atoms with Gasteiger partial charge in [-0.25, -0.2) is 19.7 Å². The Labute approximate surface area is 202 Å². The fourth-order valence-corrected chi connectivity index (χ4v) is 4.39. The lowest BCUT2D eigenvalue weighted by Crippen LogP contribution is -2.22. The molecule has 3 N–H and O–H groups in total. The monoisotopic (exact) mass is 500 g/mol. The maximum Gasteiger partial charge on any atom is 0.433 e. The summed E-state index contributed by atoms with van der Waals surface area (Å²) in [5.41, 5.74) is -0.131. The Kier molecular flexibility index (Phi) is 6.30. The number of anilines is 2. The first-order valence-corrected chi connectivity index (χ1v) is 11.1. The first-order valence-electron chi connectivity index (χ1n) is 10.3. The van der Waals surface area contributed by atoms with Crippen LogP contribution in [0.15, 0.2) is 60.9 Å². The molecule has 0 unspecified atom stereocenters. The Morgan fingerprint density at radius 3 is 2.57 bits per heavy atom. The highest BCUT2D eigenvalue weighted by Crippen LogP contribution is 2.37. The minimum atomic E-state index is -4.59. The smallest absolute Gasteiger partial charge is 0.433 e. The number of aryl methyl sites for hydroxylation is 1. The summed E-state index contributed by atoms with van der Waals surface area (Å²) in [6.45, 7) is 3.36. The molecule has 0 aliphatic rings. The fourth-order valence-electron chi connectivity index (χ4n) is 3.41. The number of carboxylic acid groups (broad SMARTS) is 1. The number of nitrogens with one attached hydrogen (secondary N) is 1. The van der Waals surface area contributed by atoms with Crippen molar-refractivity contribution in [2.24, 2.45) is 0 Å². The quantitative estimate of drug-likeness (QED) is 0.315. The maximum atomic E-state index is 13.0. The van der Waals surface area contributed by atoms with Crippen LogP contribution in [0.3, 0.4) is 0 Å². The lowest BCUT2D eigenvalue weighted by atomic mass is 9.95. The molecule has 2 aromatic heterocycles. The second-order valence-electron chi connectivity index (χ2n) is 7.96. The van der Waals surface area contributed by atoms with Gasteiger partial charge < -0.3 is 15.5 Å². The van der Waals surface area contributed by atoms with Gasteiger partial charge >= 0.3 is 12.1 Å². The standard InChI is InChI=1S/C24H19F3N4O3S/c1-13-8-15(11-17(9-13)30-22-28-7-6-19(31-22)24(25,26)27)18-12-29-21(35-18)23(2,34)16-5-3-4-14(10-16)20(32)33/h3-12,34H,1-2H3,(H,32,33)(H,28,30,31)/t23-/m1/s1. The molecule has 0 spiro atoms. The summed E-state index contributed by atoms with van der Waals surface area (Å²) in [6, 6.07) is 12.1. The maximum absolute atomic E-state index is 13.0. The van der Waals surface area contributed by atoms with E-state index in [1.54, 1.807) is 30.5 Å². The van der Waals surface area contributed by atoms with E-state index in [9.17, 15) is 28.2 Å². The summed E-state index contributed by atoms with van der Waals surface area (Å²) in [5, 5.41) is 23.6. The van der Waals surface area contributed by atoms with Gasteiger partial charge in [0.25, 0.3) is 0 Å². The van der Waals surface area contributed by atoms with E-state index in [0.717, 1.165) is 23.4 Å². The Morgan fingerprint density at radius 2 is 1.86 bits per heavy atom. The number of alkyl halides is 3. The van der Waals surface area contributed by atoms with Gasteiger partial charge in [-0.05, 0) is 60.9 Å². The SMILES string of the molecule is Cc1cc(Nc2nccc(C(F)(F)F)n2)cc(-c2cnc([C@](C)(O)c3cccc(C(=O)O)c3)s2)c1. The van der Waals surface area contributed by atoms with E-state index in [0.29, 0.717) is 21.1 Å². The Morgan fingerprint density at radius 1 is 1.09 bits per heavy atom. The van der Waals surface area contributed by atoms with Gasteiger partial charge in [-0.3, -0.25) is 0 Å². The molecule has 0 fully saturated rings.